The molecule has 140 valence electrons. The highest BCUT2D eigenvalue weighted by atomic mass is 35.5. The minimum atomic E-state index is -3.45. The summed E-state index contributed by atoms with van der Waals surface area (Å²) in [6, 6.07) is 7.58. The molecule has 0 radical (unpaired) electrons. The van der Waals surface area contributed by atoms with Gasteiger partial charge in [-0.25, -0.2) is 8.42 Å². The van der Waals surface area contributed by atoms with Crippen LogP contribution in [0.15, 0.2) is 24.3 Å². The Morgan fingerprint density at radius 1 is 1.36 bits per heavy atom. The number of hydrogen-bond acceptors (Lipinski definition) is 3. The van der Waals surface area contributed by atoms with Gasteiger partial charge in [-0.3, -0.25) is 4.79 Å². The molecule has 0 saturated carbocycles. The lowest BCUT2D eigenvalue weighted by molar-refractivity contribution is -0.135. The van der Waals surface area contributed by atoms with E-state index in [2.05, 4.69) is 6.92 Å². The molecule has 1 aromatic rings. The largest absolute Gasteiger partial charge is 0.339 e. The van der Waals surface area contributed by atoms with Crippen LogP contribution in [0, 0.1) is 0 Å². The van der Waals surface area contributed by atoms with Gasteiger partial charge in [0.15, 0.2) is 0 Å². The van der Waals surface area contributed by atoms with E-state index in [9.17, 15) is 13.2 Å². The van der Waals surface area contributed by atoms with Gasteiger partial charge in [-0.2, -0.15) is 4.31 Å². The van der Waals surface area contributed by atoms with Crippen LogP contribution in [-0.2, 0) is 21.2 Å². The summed E-state index contributed by atoms with van der Waals surface area (Å²) in [6.45, 7) is 2.98. The number of likely N-dealkylation sites (tertiary alicyclic amines) is 1. The molecule has 1 aliphatic rings. The van der Waals surface area contributed by atoms with Crippen LogP contribution in [-0.4, -0.2) is 55.5 Å². The highest BCUT2D eigenvalue weighted by molar-refractivity contribution is 7.88. The van der Waals surface area contributed by atoms with Crippen LogP contribution in [0.3, 0.4) is 0 Å². The van der Waals surface area contributed by atoms with Crippen LogP contribution < -0.4 is 0 Å². The topological polar surface area (TPSA) is 57.7 Å². The van der Waals surface area contributed by atoms with Gasteiger partial charge >= 0.3 is 0 Å². The molecular formula is C18H27ClN2O3S. The molecule has 1 atom stereocenters. The van der Waals surface area contributed by atoms with E-state index in [0.29, 0.717) is 11.4 Å². The van der Waals surface area contributed by atoms with Gasteiger partial charge in [-0.05, 0) is 49.8 Å². The third-order valence-corrected chi connectivity index (χ3v) is 6.22. The van der Waals surface area contributed by atoms with E-state index in [0.717, 1.165) is 44.0 Å². The van der Waals surface area contributed by atoms with Crippen molar-refractivity contribution >= 4 is 27.5 Å². The lowest BCUT2D eigenvalue weighted by atomic mass is 10.00. The number of rotatable bonds is 7. The molecule has 25 heavy (non-hydrogen) atoms. The number of hydrogen-bond donors (Lipinski definition) is 0. The number of carbonyl (C=O) groups excluding carboxylic acids is 1. The predicted octanol–water partition coefficient (Wildman–Crippen LogP) is 2.94. The molecule has 0 bridgehead atoms. The zero-order chi connectivity index (χ0) is 18.4. The second kappa shape index (κ2) is 9.01. The Morgan fingerprint density at radius 2 is 2.12 bits per heavy atom. The molecule has 1 aliphatic heterocycles. The minimum absolute atomic E-state index is 0.0874. The molecule has 1 saturated heterocycles. The van der Waals surface area contributed by atoms with Crippen molar-refractivity contribution in [3.05, 3.63) is 34.9 Å². The Bertz CT molecular complexity index is 693. The summed E-state index contributed by atoms with van der Waals surface area (Å²) in [5.41, 5.74) is 0.956. The van der Waals surface area contributed by atoms with Crippen molar-refractivity contribution in [3.63, 3.8) is 0 Å². The van der Waals surface area contributed by atoms with Crippen LogP contribution in [0.1, 0.15) is 38.2 Å². The summed E-state index contributed by atoms with van der Waals surface area (Å²) in [5, 5.41) is 0.624. The smallest absolute Gasteiger partial charge is 0.238 e. The molecule has 1 fully saturated rings. The van der Waals surface area contributed by atoms with Gasteiger partial charge in [0, 0.05) is 24.2 Å². The number of piperidine rings is 1. The van der Waals surface area contributed by atoms with Crippen molar-refractivity contribution in [2.24, 2.45) is 0 Å². The minimum Gasteiger partial charge on any atom is -0.339 e. The number of halogens is 1. The van der Waals surface area contributed by atoms with Gasteiger partial charge in [0.1, 0.15) is 0 Å². The van der Waals surface area contributed by atoms with Gasteiger partial charge in [0.2, 0.25) is 15.9 Å². The quantitative estimate of drug-likeness (QED) is 0.723. The van der Waals surface area contributed by atoms with Crippen LogP contribution in [0.25, 0.3) is 0 Å². The van der Waals surface area contributed by atoms with Crippen LogP contribution >= 0.6 is 11.6 Å². The Labute approximate surface area is 156 Å². The van der Waals surface area contributed by atoms with E-state index in [4.69, 9.17) is 11.6 Å². The summed E-state index contributed by atoms with van der Waals surface area (Å²) in [7, 11) is -3.45. The maximum absolute atomic E-state index is 12.7. The van der Waals surface area contributed by atoms with E-state index in [1.54, 1.807) is 6.07 Å². The monoisotopic (exact) mass is 386 g/mol. The fraction of sp³-hybridized carbons (Fsp3) is 0.611. The van der Waals surface area contributed by atoms with E-state index in [1.807, 2.05) is 23.1 Å². The second-order valence-corrected chi connectivity index (χ2v) is 9.04. The van der Waals surface area contributed by atoms with Crippen molar-refractivity contribution in [2.45, 2.75) is 45.1 Å². The van der Waals surface area contributed by atoms with E-state index in [1.165, 1.54) is 4.31 Å². The molecule has 0 aliphatic carbocycles. The van der Waals surface area contributed by atoms with Crippen molar-refractivity contribution in [2.75, 3.05) is 25.9 Å². The summed E-state index contributed by atoms with van der Waals surface area (Å²) in [5.74, 6) is -0.0944. The first-order valence-electron chi connectivity index (χ1n) is 8.80. The molecular weight excluding hydrogens is 360 g/mol. The molecule has 2 rings (SSSR count). The molecule has 7 heteroatoms. The van der Waals surface area contributed by atoms with Crippen molar-refractivity contribution in [1.82, 2.24) is 9.21 Å². The van der Waals surface area contributed by atoms with Crippen molar-refractivity contribution in [3.8, 4) is 0 Å². The van der Waals surface area contributed by atoms with Gasteiger partial charge in [0.05, 0.1) is 12.8 Å². The predicted molar refractivity (Wildman–Crippen MR) is 101 cm³/mol. The summed E-state index contributed by atoms with van der Waals surface area (Å²) >= 11 is 5.98. The van der Waals surface area contributed by atoms with Gasteiger partial charge < -0.3 is 4.90 Å². The third kappa shape index (κ3) is 5.97. The highest BCUT2D eigenvalue weighted by Gasteiger charge is 2.28. The molecule has 1 aromatic carbocycles. The lowest BCUT2D eigenvalue weighted by Crippen LogP contribution is -2.49. The normalized spacial score (nSPS) is 18.6. The molecule has 1 unspecified atom stereocenters. The molecule has 0 N–H and O–H groups in total. The maximum atomic E-state index is 12.7. The highest BCUT2D eigenvalue weighted by Crippen LogP contribution is 2.20. The molecule has 5 nitrogen and oxygen atoms in total. The van der Waals surface area contributed by atoms with Crippen molar-refractivity contribution < 1.29 is 13.2 Å². The van der Waals surface area contributed by atoms with E-state index >= 15 is 0 Å². The summed E-state index contributed by atoms with van der Waals surface area (Å²) < 4.78 is 25.5. The Hall–Kier alpha value is -1.11. The molecule has 0 spiro atoms. The first kappa shape index (κ1) is 20.2. The number of carbonyl (C=O) groups is 1. The number of amides is 1. The fourth-order valence-electron chi connectivity index (χ4n) is 3.30. The van der Waals surface area contributed by atoms with Crippen LogP contribution in [0.2, 0.25) is 5.02 Å². The molecule has 0 aromatic heterocycles. The Morgan fingerprint density at radius 3 is 2.76 bits per heavy atom. The number of benzene rings is 1. The van der Waals surface area contributed by atoms with Gasteiger partial charge in [0.25, 0.3) is 0 Å². The SMILES string of the molecule is CCC1CCCCN1C(=O)CN(CCc1cccc(Cl)c1)S(C)(=O)=O. The summed E-state index contributed by atoms with van der Waals surface area (Å²) in [4.78, 5) is 14.6. The van der Waals surface area contributed by atoms with E-state index in [-0.39, 0.29) is 25.0 Å². The standard InChI is InChI=1S/C18H27ClN2O3S/c1-3-17-9-4-5-11-21(17)18(22)14-20(25(2,23)24)12-10-15-7-6-8-16(19)13-15/h6-8,13,17H,3-5,9-12,14H2,1-2H3. The Balaban J connectivity index is 2.03. The van der Waals surface area contributed by atoms with Crippen LogP contribution in [0.4, 0.5) is 0 Å². The first-order chi connectivity index (χ1) is 11.8. The molecule has 1 heterocycles. The number of nitrogens with zero attached hydrogens (tertiary/aromatic N) is 2. The fourth-order valence-corrected chi connectivity index (χ4v) is 4.28. The zero-order valence-corrected chi connectivity index (χ0v) is 16.5. The zero-order valence-electron chi connectivity index (χ0n) is 14.9. The maximum Gasteiger partial charge on any atom is 0.238 e. The third-order valence-electron chi connectivity index (χ3n) is 4.74. The number of sulfonamides is 1. The Kier molecular flexibility index (Phi) is 7.28. The lowest BCUT2D eigenvalue weighted by Gasteiger charge is -2.36. The van der Waals surface area contributed by atoms with Crippen LogP contribution in [0.5, 0.6) is 0 Å². The van der Waals surface area contributed by atoms with Gasteiger partial charge in [-0.15, -0.1) is 0 Å². The van der Waals surface area contributed by atoms with Gasteiger partial charge in [-0.1, -0.05) is 30.7 Å². The second-order valence-electron chi connectivity index (χ2n) is 6.62. The summed E-state index contributed by atoms with van der Waals surface area (Å²) in [6.07, 6.45) is 5.72. The first-order valence-corrected chi connectivity index (χ1v) is 11.0. The van der Waals surface area contributed by atoms with E-state index < -0.39 is 10.0 Å². The van der Waals surface area contributed by atoms with Crippen molar-refractivity contribution in [1.29, 1.82) is 0 Å². The average molecular weight is 387 g/mol. The molecule has 1 amide bonds. The average Bonchev–Trinajstić information content (AvgIpc) is 2.57.